The van der Waals surface area contributed by atoms with E-state index in [9.17, 15) is 9.59 Å². The van der Waals surface area contributed by atoms with E-state index in [-0.39, 0.29) is 16.7 Å². The summed E-state index contributed by atoms with van der Waals surface area (Å²) >= 11 is 2.81. The number of aromatic nitrogens is 3. The van der Waals surface area contributed by atoms with E-state index in [1.807, 2.05) is 5.38 Å². The van der Waals surface area contributed by atoms with Gasteiger partial charge in [0.25, 0.3) is 5.56 Å². The summed E-state index contributed by atoms with van der Waals surface area (Å²) in [6, 6.07) is 3.15. The van der Waals surface area contributed by atoms with Crippen molar-refractivity contribution in [2.24, 2.45) is 0 Å². The fraction of sp³-hybridized carbons (Fsp3) is 0.286. The van der Waals surface area contributed by atoms with Crippen molar-refractivity contribution in [2.45, 2.75) is 24.9 Å². The van der Waals surface area contributed by atoms with E-state index in [4.69, 9.17) is 4.52 Å². The normalized spacial score (nSPS) is 12.4. The fourth-order valence-corrected chi connectivity index (χ4v) is 3.42. The minimum atomic E-state index is -0.310. The Labute approximate surface area is 139 Å². The first kappa shape index (κ1) is 15.8. The van der Waals surface area contributed by atoms with E-state index < -0.39 is 0 Å². The third-order valence-electron chi connectivity index (χ3n) is 3.09. The zero-order chi connectivity index (χ0) is 16.4. The number of fused-ring (bicyclic) bond motifs is 1. The highest BCUT2D eigenvalue weighted by atomic mass is 32.2. The van der Waals surface area contributed by atoms with Gasteiger partial charge in [-0.2, -0.15) is 0 Å². The molecule has 0 saturated heterocycles. The monoisotopic (exact) mass is 350 g/mol. The second kappa shape index (κ2) is 6.55. The van der Waals surface area contributed by atoms with Gasteiger partial charge in [0.05, 0.1) is 10.9 Å². The number of amides is 1. The van der Waals surface area contributed by atoms with E-state index in [0.717, 1.165) is 0 Å². The number of thiazole rings is 1. The molecule has 0 bridgehead atoms. The van der Waals surface area contributed by atoms with Crippen molar-refractivity contribution in [2.75, 3.05) is 5.32 Å². The minimum Gasteiger partial charge on any atom is -0.360 e. The molecule has 3 rings (SSSR count). The summed E-state index contributed by atoms with van der Waals surface area (Å²) in [6.07, 6.45) is 1.70. The quantitative estimate of drug-likeness (QED) is 0.759. The van der Waals surface area contributed by atoms with Crippen LogP contribution in [-0.2, 0) is 10.5 Å². The predicted molar refractivity (Wildman–Crippen MR) is 90.0 cm³/mol. The van der Waals surface area contributed by atoms with Gasteiger partial charge >= 0.3 is 0 Å². The second-order valence-corrected chi connectivity index (χ2v) is 7.11. The molecule has 0 spiro atoms. The van der Waals surface area contributed by atoms with Crippen LogP contribution in [0.15, 0.2) is 33.0 Å². The molecule has 7 nitrogen and oxygen atoms in total. The minimum absolute atomic E-state index is 0.109. The summed E-state index contributed by atoms with van der Waals surface area (Å²) in [5.74, 6) is 1.35. The number of rotatable bonds is 5. The molecule has 1 amide bonds. The van der Waals surface area contributed by atoms with Crippen LogP contribution in [0.3, 0.4) is 0 Å². The Kier molecular flexibility index (Phi) is 4.49. The third kappa shape index (κ3) is 3.62. The van der Waals surface area contributed by atoms with Crippen LogP contribution in [0.1, 0.15) is 18.4 Å². The molecule has 0 radical (unpaired) electrons. The van der Waals surface area contributed by atoms with Crippen LogP contribution in [0, 0.1) is 6.92 Å². The van der Waals surface area contributed by atoms with Crippen LogP contribution in [-0.4, -0.2) is 25.7 Å². The van der Waals surface area contributed by atoms with Gasteiger partial charge in [0.2, 0.25) is 5.91 Å². The Bertz CT molecular complexity index is 899. The highest BCUT2D eigenvalue weighted by Crippen LogP contribution is 2.19. The topological polar surface area (TPSA) is 89.5 Å². The molecule has 0 saturated carbocycles. The standard InChI is InChI=1S/C14H14N4O3S2/c1-8-5-11(17-21-8)16-13(20)9(2)23-7-10-6-12(19)18-3-4-22-14(18)15-10/h3-6,9H,7H2,1-2H3,(H,16,17,20)/t9-/m0/s1. The molecule has 0 aliphatic carbocycles. The maximum atomic E-state index is 12.1. The first-order valence-electron chi connectivity index (χ1n) is 6.84. The zero-order valence-electron chi connectivity index (χ0n) is 12.5. The molecule has 120 valence electrons. The number of nitrogens with one attached hydrogen (secondary N) is 1. The van der Waals surface area contributed by atoms with Gasteiger partial charge in [-0.15, -0.1) is 23.1 Å². The number of aryl methyl sites for hydroxylation is 1. The lowest BCUT2D eigenvalue weighted by Gasteiger charge is -2.09. The SMILES string of the molecule is Cc1cc(NC(=O)[C@H](C)SCc2cc(=O)n3ccsc3n2)no1. The summed E-state index contributed by atoms with van der Waals surface area (Å²) in [5.41, 5.74) is 0.557. The van der Waals surface area contributed by atoms with Crippen LogP contribution in [0.25, 0.3) is 4.96 Å². The van der Waals surface area contributed by atoms with Gasteiger partial charge in [0, 0.05) is 29.5 Å². The highest BCUT2D eigenvalue weighted by Gasteiger charge is 2.16. The predicted octanol–water partition coefficient (Wildman–Crippen LogP) is 2.31. The summed E-state index contributed by atoms with van der Waals surface area (Å²) < 4.78 is 6.41. The summed E-state index contributed by atoms with van der Waals surface area (Å²) in [4.78, 5) is 29.1. The molecule has 1 N–H and O–H groups in total. The fourth-order valence-electron chi connectivity index (χ4n) is 1.90. The van der Waals surface area contributed by atoms with Crippen LogP contribution >= 0.6 is 23.1 Å². The van der Waals surface area contributed by atoms with Gasteiger partial charge in [-0.1, -0.05) is 5.16 Å². The van der Waals surface area contributed by atoms with Crippen molar-refractivity contribution >= 4 is 39.8 Å². The van der Waals surface area contributed by atoms with E-state index >= 15 is 0 Å². The third-order valence-corrected chi connectivity index (χ3v) is 5.02. The number of hydrogen-bond donors (Lipinski definition) is 1. The Morgan fingerprint density at radius 1 is 1.52 bits per heavy atom. The van der Waals surface area contributed by atoms with Gasteiger partial charge in [-0.05, 0) is 13.8 Å². The number of thioether (sulfide) groups is 1. The van der Waals surface area contributed by atoms with Gasteiger partial charge in [-0.25, -0.2) is 4.98 Å². The van der Waals surface area contributed by atoms with Gasteiger partial charge in [-0.3, -0.25) is 14.0 Å². The molecule has 3 aromatic heterocycles. The molecular weight excluding hydrogens is 336 g/mol. The lowest BCUT2D eigenvalue weighted by molar-refractivity contribution is -0.115. The Morgan fingerprint density at radius 3 is 3.09 bits per heavy atom. The van der Waals surface area contributed by atoms with Crippen molar-refractivity contribution in [1.82, 2.24) is 14.5 Å². The van der Waals surface area contributed by atoms with Crippen molar-refractivity contribution in [1.29, 1.82) is 0 Å². The largest absolute Gasteiger partial charge is 0.360 e. The van der Waals surface area contributed by atoms with E-state index in [0.29, 0.717) is 28.0 Å². The molecule has 0 aliphatic rings. The zero-order valence-corrected chi connectivity index (χ0v) is 14.1. The molecule has 0 aromatic carbocycles. The smallest absolute Gasteiger partial charge is 0.258 e. The van der Waals surface area contributed by atoms with Gasteiger partial charge in [0.1, 0.15) is 5.76 Å². The second-order valence-electron chi connectivity index (χ2n) is 4.91. The number of anilines is 1. The highest BCUT2D eigenvalue weighted by molar-refractivity contribution is 7.99. The maximum absolute atomic E-state index is 12.1. The van der Waals surface area contributed by atoms with Crippen molar-refractivity contribution in [3.8, 4) is 0 Å². The number of carbonyl (C=O) groups is 1. The van der Waals surface area contributed by atoms with Crippen molar-refractivity contribution in [3.05, 3.63) is 45.5 Å². The van der Waals surface area contributed by atoms with E-state index in [2.05, 4.69) is 15.5 Å². The van der Waals surface area contributed by atoms with E-state index in [1.54, 1.807) is 26.1 Å². The molecule has 9 heteroatoms. The summed E-state index contributed by atoms with van der Waals surface area (Å²) in [5, 5.41) is 7.92. The Balaban J connectivity index is 1.62. The van der Waals surface area contributed by atoms with Crippen LogP contribution in [0.5, 0.6) is 0 Å². The number of hydrogen-bond acceptors (Lipinski definition) is 7. The molecule has 0 aliphatic heterocycles. The van der Waals surface area contributed by atoms with Gasteiger partial charge in [0.15, 0.2) is 10.8 Å². The average molecular weight is 350 g/mol. The van der Waals surface area contributed by atoms with Crippen LogP contribution < -0.4 is 10.9 Å². The number of carbonyl (C=O) groups excluding carboxylic acids is 1. The lowest BCUT2D eigenvalue weighted by Crippen LogP contribution is -2.23. The number of nitrogens with zero attached hydrogens (tertiary/aromatic N) is 3. The average Bonchev–Trinajstić information content (AvgIpc) is 3.14. The first-order valence-corrected chi connectivity index (χ1v) is 8.77. The summed E-state index contributed by atoms with van der Waals surface area (Å²) in [7, 11) is 0. The molecule has 3 heterocycles. The van der Waals surface area contributed by atoms with Crippen molar-refractivity contribution in [3.63, 3.8) is 0 Å². The summed E-state index contributed by atoms with van der Waals surface area (Å²) in [6.45, 7) is 3.55. The molecule has 0 fully saturated rings. The maximum Gasteiger partial charge on any atom is 0.258 e. The molecule has 23 heavy (non-hydrogen) atoms. The molecule has 3 aromatic rings. The Morgan fingerprint density at radius 2 is 2.35 bits per heavy atom. The molecular formula is C14H14N4O3S2. The Hall–Kier alpha value is -2.13. The van der Waals surface area contributed by atoms with Crippen LogP contribution in [0.2, 0.25) is 0 Å². The lowest BCUT2D eigenvalue weighted by atomic mass is 10.4. The van der Waals surface area contributed by atoms with Crippen LogP contribution in [0.4, 0.5) is 5.82 Å². The van der Waals surface area contributed by atoms with Crippen molar-refractivity contribution < 1.29 is 9.32 Å². The van der Waals surface area contributed by atoms with E-state index in [1.165, 1.54) is 33.6 Å². The van der Waals surface area contributed by atoms with Gasteiger partial charge < -0.3 is 9.84 Å². The first-order chi connectivity index (χ1) is 11.0. The molecule has 1 atom stereocenters. The molecule has 0 unspecified atom stereocenters.